The summed E-state index contributed by atoms with van der Waals surface area (Å²) in [6.45, 7) is 9.47. The Kier molecular flexibility index (Phi) is 5.78. The maximum atomic E-state index is 12.3. The molecule has 0 bridgehead atoms. The molecule has 0 spiro atoms. The molecule has 24 heavy (non-hydrogen) atoms. The molecule has 0 radical (unpaired) electrons. The summed E-state index contributed by atoms with van der Waals surface area (Å²) in [5.74, 6) is -0.781. The van der Waals surface area contributed by atoms with Crippen LogP contribution in [0.15, 0.2) is 24.3 Å². The van der Waals surface area contributed by atoms with E-state index in [0.717, 1.165) is 33.7 Å². The molecule has 2 aromatic rings. The third-order valence-corrected chi connectivity index (χ3v) is 5.29. The van der Waals surface area contributed by atoms with Gasteiger partial charge in [0.15, 0.2) is 6.10 Å². The molecular weight excluding hydrogens is 322 g/mol. The van der Waals surface area contributed by atoms with Gasteiger partial charge in [-0.3, -0.25) is 4.79 Å². The molecule has 4 nitrogen and oxygen atoms in total. The van der Waals surface area contributed by atoms with Gasteiger partial charge < -0.3 is 10.1 Å². The van der Waals surface area contributed by atoms with Crippen molar-refractivity contribution in [1.82, 2.24) is 0 Å². The first-order valence-electron chi connectivity index (χ1n) is 8.00. The van der Waals surface area contributed by atoms with E-state index in [2.05, 4.69) is 12.2 Å². The zero-order valence-corrected chi connectivity index (χ0v) is 15.5. The number of anilines is 1. The van der Waals surface area contributed by atoms with Gasteiger partial charge in [-0.2, -0.15) is 0 Å². The lowest BCUT2D eigenvalue weighted by molar-refractivity contribution is -0.123. The highest BCUT2D eigenvalue weighted by atomic mass is 32.1. The maximum absolute atomic E-state index is 12.3. The van der Waals surface area contributed by atoms with E-state index < -0.39 is 12.1 Å². The van der Waals surface area contributed by atoms with Crippen LogP contribution in [-0.2, 0) is 16.0 Å². The minimum absolute atomic E-state index is 0.329. The van der Waals surface area contributed by atoms with E-state index in [4.69, 9.17) is 4.74 Å². The summed E-state index contributed by atoms with van der Waals surface area (Å²) in [5, 5.41) is 2.85. The topological polar surface area (TPSA) is 55.4 Å². The zero-order chi connectivity index (χ0) is 17.9. The SMILES string of the molecule is CCc1sc(C(=O)O[C@@H](C)C(=O)Nc2c(C)cccc2C)cc1C. The van der Waals surface area contributed by atoms with Crippen LogP contribution < -0.4 is 5.32 Å². The Balaban J connectivity index is 2.04. The molecule has 0 fully saturated rings. The Bertz CT molecular complexity index is 744. The van der Waals surface area contributed by atoms with Gasteiger partial charge >= 0.3 is 5.97 Å². The summed E-state index contributed by atoms with van der Waals surface area (Å²) >= 11 is 1.42. The van der Waals surface area contributed by atoms with Gasteiger partial charge in [0.1, 0.15) is 4.88 Å². The molecular formula is C19H23NO3S. The van der Waals surface area contributed by atoms with Crippen LogP contribution in [0.25, 0.3) is 0 Å². The van der Waals surface area contributed by atoms with E-state index in [9.17, 15) is 9.59 Å². The molecule has 0 unspecified atom stereocenters. The molecule has 2 rings (SSSR count). The average molecular weight is 345 g/mol. The molecule has 128 valence electrons. The lowest BCUT2D eigenvalue weighted by atomic mass is 10.1. The number of carbonyl (C=O) groups excluding carboxylic acids is 2. The summed E-state index contributed by atoms with van der Waals surface area (Å²) < 4.78 is 5.32. The number of rotatable bonds is 5. The highest BCUT2D eigenvalue weighted by molar-refractivity contribution is 7.14. The molecule has 5 heteroatoms. The minimum Gasteiger partial charge on any atom is -0.448 e. The third kappa shape index (κ3) is 4.03. The molecule has 0 aliphatic rings. The van der Waals surface area contributed by atoms with Crippen molar-refractivity contribution in [3.8, 4) is 0 Å². The van der Waals surface area contributed by atoms with Gasteiger partial charge in [0.2, 0.25) is 0 Å². The van der Waals surface area contributed by atoms with E-state index in [1.54, 1.807) is 6.92 Å². The van der Waals surface area contributed by atoms with Gasteiger partial charge in [0.05, 0.1) is 0 Å². The first kappa shape index (κ1) is 18.2. The maximum Gasteiger partial charge on any atom is 0.349 e. The van der Waals surface area contributed by atoms with Crippen LogP contribution in [0.1, 0.15) is 45.1 Å². The second kappa shape index (κ2) is 7.62. The Labute approximate surface area is 146 Å². The molecule has 1 aromatic heterocycles. The fraction of sp³-hybridized carbons (Fsp3) is 0.368. The van der Waals surface area contributed by atoms with Crippen molar-refractivity contribution in [3.05, 3.63) is 50.7 Å². The standard InChI is InChI=1S/C19H23NO3S/c1-6-15-13(4)10-16(24-15)19(22)23-14(5)18(21)20-17-11(2)8-7-9-12(17)3/h7-10,14H,6H2,1-5H3,(H,20,21)/t14-/m0/s1. The highest BCUT2D eigenvalue weighted by Gasteiger charge is 2.21. The summed E-state index contributed by atoms with van der Waals surface area (Å²) in [6, 6.07) is 7.62. The van der Waals surface area contributed by atoms with Crippen molar-refractivity contribution in [3.63, 3.8) is 0 Å². The molecule has 0 saturated heterocycles. The second-order valence-corrected chi connectivity index (χ2v) is 7.01. The minimum atomic E-state index is -0.857. The van der Waals surface area contributed by atoms with E-state index in [1.807, 2.05) is 45.0 Å². The van der Waals surface area contributed by atoms with Crippen LogP contribution in [0, 0.1) is 20.8 Å². The van der Waals surface area contributed by atoms with Crippen molar-refractivity contribution >= 4 is 28.9 Å². The number of benzene rings is 1. The number of hydrogen-bond donors (Lipinski definition) is 1. The first-order valence-corrected chi connectivity index (χ1v) is 8.82. The Hall–Kier alpha value is -2.14. The number of ether oxygens (including phenoxy) is 1. The fourth-order valence-corrected chi connectivity index (χ4v) is 3.48. The molecule has 1 N–H and O–H groups in total. The second-order valence-electron chi connectivity index (χ2n) is 5.87. The number of esters is 1. The van der Waals surface area contributed by atoms with Gasteiger partial charge in [-0.05, 0) is 56.9 Å². The largest absolute Gasteiger partial charge is 0.448 e. The van der Waals surface area contributed by atoms with Crippen molar-refractivity contribution in [2.24, 2.45) is 0 Å². The predicted octanol–water partition coefficient (Wildman–Crippen LogP) is 4.42. The molecule has 1 atom stereocenters. The van der Waals surface area contributed by atoms with Crippen LogP contribution in [0.4, 0.5) is 5.69 Å². The summed E-state index contributed by atoms with van der Waals surface area (Å²) in [6.07, 6.45) is 0.0239. The first-order chi connectivity index (χ1) is 11.3. The molecule has 0 aliphatic carbocycles. The van der Waals surface area contributed by atoms with Crippen LogP contribution in [0.3, 0.4) is 0 Å². The molecule has 0 saturated carbocycles. The lowest BCUT2D eigenvalue weighted by Crippen LogP contribution is -2.30. The normalized spacial score (nSPS) is 11.9. The number of para-hydroxylation sites is 1. The van der Waals surface area contributed by atoms with Crippen molar-refractivity contribution in [2.45, 2.75) is 47.1 Å². The molecule has 1 amide bonds. The number of carbonyl (C=O) groups is 2. The molecule has 0 aliphatic heterocycles. The monoisotopic (exact) mass is 345 g/mol. The smallest absolute Gasteiger partial charge is 0.349 e. The number of nitrogens with one attached hydrogen (secondary N) is 1. The van der Waals surface area contributed by atoms with Crippen LogP contribution in [0.2, 0.25) is 0 Å². The highest BCUT2D eigenvalue weighted by Crippen LogP contribution is 2.24. The number of thiophene rings is 1. The van der Waals surface area contributed by atoms with Gasteiger partial charge in [0, 0.05) is 10.6 Å². The quantitative estimate of drug-likeness (QED) is 0.816. The van der Waals surface area contributed by atoms with Crippen LogP contribution >= 0.6 is 11.3 Å². The van der Waals surface area contributed by atoms with Gasteiger partial charge in [-0.15, -0.1) is 11.3 Å². The van der Waals surface area contributed by atoms with Gasteiger partial charge in [-0.1, -0.05) is 25.1 Å². The number of aryl methyl sites for hydroxylation is 4. The third-order valence-electron chi connectivity index (χ3n) is 3.93. The van der Waals surface area contributed by atoms with Crippen molar-refractivity contribution < 1.29 is 14.3 Å². The Morgan fingerprint density at radius 3 is 2.33 bits per heavy atom. The predicted molar refractivity (Wildman–Crippen MR) is 97.9 cm³/mol. The summed E-state index contributed by atoms with van der Waals surface area (Å²) in [7, 11) is 0. The molecule has 1 heterocycles. The molecule has 1 aromatic carbocycles. The van der Waals surface area contributed by atoms with E-state index in [1.165, 1.54) is 11.3 Å². The number of hydrogen-bond acceptors (Lipinski definition) is 4. The summed E-state index contributed by atoms with van der Waals surface area (Å²) in [5.41, 5.74) is 3.81. The van der Waals surface area contributed by atoms with E-state index >= 15 is 0 Å². The lowest BCUT2D eigenvalue weighted by Gasteiger charge is -2.15. The Morgan fingerprint density at radius 2 is 1.79 bits per heavy atom. The van der Waals surface area contributed by atoms with Crippen LogP contribution in [-0.4, -0.2) is 18.0 Å². The van der Waals surface area contributed by atoms with Crippen molar-refractivity contribution in [2.75, 3.05) is 5.32 Å². The Morgan fingerprint density at radius 1 is 1.17 bits per heavy atom. The van der Waals surface area contributed by atoms with Gasteiger partial charge in [-0.25, -0.2) is 4.79 Å². The summed E-state index contributed by atoms with van der Waals surface area (Å²) in [4.78, 5) is 26.3. The van der Waals surface area contributed by atoms with Crippen LogP contribution in [0.5, 0.6) is 0 Å². The average Bonchev–Trinajstić information content (AvgIpc) is 2.92. The van der Waals surface area contributed by atoms with Crippen molar-refractivity contribution in [1.29, 1.82) is 0 Å². The fourth-order valence-electron chi connectivity index (χ4n) is 2.48. The number of amides is 1. The van der Waals surface area contributed by atoms with E-state index in [0.29, 0.717) is 4.88 Å². The zero-order valence-electron chi connectivity index (χ0n) is 14.7. The van der Waals surface area contributed by atoms with Gasteiger partial charge in [0.25, 0.3) is 5.91 Å². The van der Waals surface area contributed by atoms with E-state index in [-0.39, 0.29) is 5.91 Å².